The molecule has 1 aromatic carbocycles. The largest absolute Gasteiger partial charge is 0.271 e. The molecule has 112 valence electrons. The topological polar surface area (TPSA) is 38.0 Å². The van der Waals surface area contributed by atoms with Crippen LogP contribution < -0.4 is 11.3 Å². The summed E-state index contributed by atoms with van der Waals surface area (Å²) in [6.45, 7) is 2.30. The van der Waals surface area contributed by atoms with E-state index < -0.39 is 0 Å². The van der Waals surface area contributed by atoms with Gasteiger partial charge in [0, 0.05) is 9.61 Å². The number of hydrogen-bond donors (Lipinski definition) is 2. The van der Waals surface area contributed by atoms with Crippen LogP contribution >= 0.6 is 22.6 Å². The molecule has 2 nitrogen and oxygen atoms in total. The van der Waals surface area contributed by atoms with E-state index in [4.69, 9.17) is 5.84 Å². The molecule has 0 radical (unpaired) electrons. The number of rotatable bonds is 6. The normalized spacial score (nSPS) is 24.6. The average Bonchev–Trinajstić information content (AvgIpc) is 2.48. The summed E-state index contributed by atoms with van der Waals surface area (Å²) in [5.41, 5.74) is 4.47. The molecule has 1 saturated carbocycles. The number of hydrogen-bond acceptors (Lipinski definition) is 2. The minimum absolute atomic E-state index is 0.428. The van der Waals surface area contributed by atoms with E-state index in [0.29, 0.717) is 6.04 Å². The summed E-state index contributed by atoms with van der Waals surface area (Å²) < 4.78 is 1.30. The summed E-state index contributed by atoms with van der Waals surface area (Å²) in [5, 5.41) is 0. The number of halogens is 1. The molecule has 1 aromatic rings. The highest BCUT2D eigenvalue weighted by Gasteiger charge is 2.26. The smallest absolute Gasteiger partial charge is 0.0279 e. The molecule has 1 aliphatic rings. The lowest BCUT2D eigenvalue weighted by Crippen LogP contribution is -2.43. The van der Waals surface area contributed by atoms with Crippen molar-refractivity contribution >= 4 is 22.6 Å². The van der Waals surface area contributed by atoms with Crippen LogP contribution in [0.25, 0.3) is 0 Å². The second kappa shape index (κ2) is 8.35. The third-order valence-corrected chi connectivity index (χ3v) is 5.46. The molecule has 1 aliphatic carbocycles. The van der Waals surface area contributed by atoms with Gasteiger partial charge in [-0.2, -0.15) is 0 Å². The first-order valence-electron chi connectivity index (χ1n) is 7.93. The molecule has 0 heterocycles. The van der Waals surface area contributed by atoms with Crippen LogP contribution in [0.3, 0.4) is 0 Å². The minimum atomic E-state index is 0.428. The van der Waals surface area contributed by atoms with Gasteiger partial charge in [0.15, 0.2) is 0 Å². The predicted molar refractivity (Wildman–Crippen MR) is 94.3 cm³/mol. The highest BCUT2D eigenvalue weighted by atomic mass is 127. The Labute approximate surface area is 137 Å². The SMILES string of the molecule is CCCC1CCC(C(Cc2ccc(I)cc2)NN)CC1. The van der Waals surface area contributed by atoms with Crippen molar-refractivity contribution in [3.8, 4) is 0 Å². The molecule has 0 amide bonds. The van der Waals surface area contributed by atoms with E-state index >= 15 is 0 Å². The maximum absolute atomic E-state index is 5.82. The zero-order chi connectivity index (χ0) is 14.4. The van der Waals surface area contributed by atoms with E-state index in [1.54, 1.807) is 0 Å². The van der Waals surface area contributed by atoms with Gasteiger partial charge in [0.1, 0.15) is 0 Å². The molecule has 3 heteroatoms. The second-order valence-corrected chi connectivity index (χ2v) is 7.42. The van der Waals surface area contributed by atoms with Crippen LogP contribution in [0.2, 0.25) is 0 Å². The van der Waals surface area contributed by atoms with Gasteiger partial charge >= 0.3 is 0 Å². The molecule has 2 rings (SSSR count). The Kier molecular flexibility index (Phi) is 6.78. The van der Waals surface area contributed by atoms with Crippen molar-refractivity contribution in [2.75, 3.05) is 0 Å². The lowest BCUT2D eigenvalue weighted by molar-refractivity contribution is 0.213. The van der Waals surface area contributed by atoms with Gasteiger partial charge in [0.25, 0.3) is 0 Å². The van der Waals surface area contributed by atoms with Crippen molar-refractivity contribution in [3.05, 3.63) is 33.4 Å². The molecule has 1 unspecified atom stereocenters. The Hall–Kier alpha value is -0.130. The maximum Gasteiger partial charge on any atom is 0.0279 e. The Bertz CT molecular complexity index is 382. The second-order valence-electron chi connectivity index (χ2n) is 6.17. The minimum Gasteiger partial charge on any atom is -0.271 e. The zero-order valence-corrected chi connectivity index (χ0v) is 14.6. The van der Waals surface area contributed by atoms with Gasteiger partial charge in [-0.15, -0.1) is 0 Å². The van der Waals surface area contributed by atoms with E-state index in [0.717, 1.165) is 18.3 Å². The molecule has 0 bridgehead atoms. The van der Waals surface area contributed by atoms with Crippen LogP contribution in [0.5, 0.6) is 0 Å². The van der Waals surface area contributed by atoms with Gasteiger partial charge < -0.3 is 0 Å². The fourth-order valence-corrected chi connectivity index (χ4v) is 3.88. The molecular formula is C17H27IN2. The summed E-state index contributed by atoms with van der Waals surface area (Å²) in [6, 6.07) is 9.25. The van der Waals surface area contributed by atoms with Crippen LogP contribution in [0.4, 0.5) is 0 Å². The molecular weight excluding hydrogens is 359 g/mol. The van der Waals surface area contributed by atoms with Gasteiger partial charge in [-0.3, -0.25) is 11.3 Å². The summed E-state index contributed by atoms with van der Waals surface area (Å²) in [6.07, 6.45) is 9.25. The highest BCUT2D eigenvalue weighted by Crippen LogP contribution is 2.33. The van der Waals surface area contributed by atoms with Crippen molar-refractivity contribution in [2.45, 2.75) is 57.9 Å². The lowest BCUT2D eigenvalue weighted by atomic mass is 9.76. The van der Waals surface area contributed by atoms with Gasteiger partial charge in [-0.1, -0.05) is 44.7 Å². The number of benzene rings is 1. The van der Waals surface area contributed by atoms with E-state index in [2.05, 4.69) is 59.2 Å². The standard InChI is InChI=1S/C17H27IN2/c1-2-3-13-4-8-15(9-5-13)17(20-19)12-14-6-10-16(18)11-7-14/h6-7,10-11,13,15,17,20H,2-5,8-9,12,19H2,1H3. The number of hydrazine groups is 1. The Morgan fingerprint density at radius 3 is 2.40 bits per heavy atom. The highest BCUT2D eigenvalue weighted by molar-refractivity contribution is 14.1. The molecule has 0 aliphatic heterocycles. The fourth-order valence-electron chi connectivity index (χ4n) is 3.52. The molecule has 3 N–H and O–H groups in total. The Morgan fingerprint density at radius 1 is 1.20 bits per heavy atom. The van der Waals surface area contributed by atoms with Gasteiger partial charge in [-0.25, -0.2) is 0 Å². The van der Waals surface area contributed by atoms with Crippen molar-refractivity contribution in [2.24, 2.45) is 17.7 Å². The molecule has 20 heavy (non-hydrogen) atoms. The summed E-state index contributed by atoms with van der Waals surface area (Å²) >= 11 is 2.35. The van der Waals surface area contributed by atoms with Crippen LogP contribution in [0.1, 0.15) is 51.0 Å². The summed E-state index contributed by atoms with van der Waals surface area (Å²) in [7, 11) is 0. The van der Waals surface area contributed by atoms with Crippen molar-refractivity contribution in [1.29, 1.82) is 0 Å². The Morgan fingerprint density at radius 2 is 1.85 bits per heavy atom. The maximum atomic E-state index is 5.82. The molecule has 0 spiro atoms. The molecule has 0 aromatic heterocycles. The quantitative estimate of drug-likeness (QED) is 0.435. The monoisotopic (exact) mass is 386 g/mol. The van der Waals surface area contributed by atoms with Crippen molar-refractivity contribution in [1.82, 2.24) is 5.43 Å². The fraction of sp³-hybridized carbons (Fsp3) is 0.647. The van der Waals surface area contributed by atoms with E-state index in [1.807, 2.05) is 0 Å². The summed E-state index contributed by atoms with van der Waals surface area (Å²) in [5.74, 6) is 7.53. The van der Waals surface area contributed by atoms with E-state index in [-0.39, 0.29) is 0 Å². The number of nitrogens with two attached hydrogens (primary N) is 1. The first-order valence-corrected chi connectivity index (χ1v) is 9.01. The molecule has 1 fully saturated rings. The van der Waals surface area contributed by atoms with Crippen LogP contribution in [0, 0.1) is 15.4 Å². The van der Waals surface area contributed by atoms with Crippen LogP contribution in [0.15, 0.2) is 24.3 Å². The lowest BCUT2D eigenvalue weighted by Gasteiger charge is -2.33. The van der Waals surface area contributed by atoms with Gasteiger partial charge in [0.05, 0.1) is 0 Å². The third kappa shape index (κ3) is 4.71. The van der Waals surface area contributed by atoms with Crippen LogP contribution in [-0.4, -0.2) is 6.04 Å². The summed E-state index contributed by atoms with van der Waals surface area (Å²) in [4.78, 5) is 0. The first-order chi connectivity index (χ1) is 9.72. The third-order valence-electron chi connectivity index (χ3n) is 4.74. The van der Waals surface area contributed by atoms with Crippen molar-refractivity contribution < 1.29 is 0 Å². The van der Waals surface area contributed by atoms with Gasteiger partial charge in [-0.05, 0) is 71.4 Å². The van der Waals surface area contributed by atoms with Crippen molar-refractivity contribution in [3.63, 3.8) is 0 Å². The molecule has 1 atom stereocenters. The number of nitrogens with one attached hydrogen (secondary N) is 1. The predicted octanol–water partition coefficient (Wildman–Crippen LogP) is 4.27. The van der Waals surface area contributed by atoms with E-state index in [9.17, 15) is 0 Å². The van der Waals surface area contributed by atoms with E-state index in [1.165, 1.54) is 47.7 Å². The molecule has 0 saturated heterocycles. The zero-order valence-electron chi connectivity index (χ0n) is 12.4. The first kappa shape index (κ1) is 16.2. The van der Waals surface area contributed by atoms with Crippen LogP contribution in [-0.2, 0) is 6.42 Å². The average molecular weight is 386 g/mol. The van der Waals surface area contributed by atoms with Gasteiger partial charge in [0.2, 0.25) is 0 Å². The Balaban J connectivity index is 1.87.